The number of carbonyl (C=O) groups is 1. The molecule has 0 saturated carbocycles. The van der Waals surface area contributed by atoms with Gasteiger partial charge in [-0.05, 0) is 5.56 Å². The van der Waals surface area contributed by atoms with E-state index in [4.69, 9.17) is 0 Å². The Kier molecular flexibility index (Phi) is 5.25. The second-order valence-electron chi connectivity index (χ2n) is 6.39. The summed E-state index contributed by atoms with van der Waals surface area (Å²) < 4.78 is 0. The summed E-state index contributed by atoms with van der Waals surface area (Å²) in [6.07, 6.45) is 0. The van der Waals surface area contributed by atoms with Crippen molar-refractivity contribution in [3.63, 3.8) is 0 Å². The molecule has 142 valence electrons. The third kappa shape index (κ3) is 4.11. The highest BCUT2D eigenvalue weighted by Crippen LogP contribution is 2.29. The highest BCUT2D eigenvalue weighted by atomic mass is 16.4. The van der Waals surface area contributed by atoms with Crippen LogP contribution in [0.3, 0.4) is 0 Å². The predicted octanol–water partition coefficient (Wildman–Crippen LogP) is 4.44. The minimum atomic E-state index is -1.02. The van der Waals surface area contributed by atoms with Gasteiger partial charge in [-0.25, -0.2) is 9.78 Å². The molecule has 3 aromatic carbocycles. The maximum Gasteiger partial charge on any atom is 0.330 e. The fraction of sp³-hybridized carbons (Fsp3) is 0.0435. The van der Waals surface area contributed by atoms with Gasteiger partial charge in [-0.15, -0.1) is 10.2 Å². The minimum absolute atomic E-state index is 0.153. The third-order valence-electron chi connectivity index (χ3n) is 4.43. The average molecular weight is 382 g/mol. The highest BCUT2D eigenvalue weighted by Gasteiger charge is 2.22. The Morgan fingerprint density at radius 1 is 0.724 bits per heavy atom. The molecule has 0 spiro atoms. The van der Waals surface area contributed by atoms with Gasteiger partial charge < -0.3 is 10.4 Å². The number of carboxylic acid groups (broad SMARTS) is 1. The molecule has 0 fully saturated rings. The molecule has 0 bridgehead atoms. The number of nitrogens with one attached hydrogen (secondary N) is 1. The quantitative estimate of drug-likeness (QED) is 0.512. The topological polar surface area (TPSA) is 88.0 Å². The molecule has 1 atom stereocenters. The Morgan fingerprint density at radius 3 is 1.79 bits per heavy atom. The molecule has 2 N–H and O–H groups in total. The highest BCUT2D eigenvalue weighted by molar-refractivity contribution is 5.80. The van der Waals surface area contributed by atoms with Crippen molar-refractivity contribution in [1.82, 2.24) is 15.2 Å². The molecule has 0 radical (unpaired) electrons. The lowest BCUT2D eigenvalue weighted by molar-refractivity contribution is -0.138. The van der Waals surface area contributed by atoms with E-state index in [-0.39, 0.29) is 5.95 Å². The van der Waals surface area contributed by atoms with Crippen molar-refractivity contribution < 1.29 is 9.90 Å². The largest absolute Gasteiger partial charge is 0.479 e. The summed E-state index contributed by atoms with van der Waals surface area (Å²) in [4.78, 5) is 16.4. The fourth-order valence-electron chi connectivity index (χ4n) is 3.04. The van der Waals surface area contributed by atoms with E-state index in [1.165, 1.54) is 0 Å². The van der Waals surface area contributed by atoms with Gasteiger partial charge in [0.1, 0.15) is 11.4 Å². The Hall–Kier alpha value is -4.06. The van der Waals surface area contributed by atoms with Gasteiger partial charge in [0.2, 0.25) is 5.95 Å². The van der Waals surface area contributed by atoms with Crippen LogP contribution in [0.4, 0.5) is 5.95 Å². The molecular weight excluding hydrogens is 364 g/mol. The monoisotopic (exact) mass is 382 g/mol. The number of hydrogen-bond acceptors (Lipinski definition) is 5. The van der Waals surface area contributed by atoms with Crippen molar-refractivity contribution in [2.24, 2.45) is 0 Å². The number of hydrogen-bond donors (Lipinski definition) is 2. The first-order valence-electron chi connectivity index (χ1n) is 9.12. The maximum atomic E-state index is 11.8. The van der Waals surface area contributed by atoms with Crippen LogP contribution < -0.4 is 5.32 Å². The summed E-state index contributed by atoms with van der Waals surface area (Å²) in [6.45, 7) is 0. The molecule has 29 heavy (non-hydrogen) atoms. The lowest BCUT2D eigenvalue weighted by atomic mass is 10.0. The van der Waals surface area contributed by atoms with Gasteiger partial charge >= 0.3 is 5.97 Å². The molecule has 0 aliphatic carbocycles. The number of anilines is 1. The van der Waals surface area contributed by atoms with E-state index in [0.29, 0.717) is 17.0 Å². The molecule has 4 aromatic rings. The molecule has 0 amide bonds. The van der Waals surface area contributed by atoms with Crippen LogP contribution in [-0.2, 0) is 4.79 Å². The van der Waals surface area contributed by atoms with E-state index in [2.05, 4.69) is 20.5 Å². The molecule has 1 unspecified atom stereocenters. The zero-order valence-electron chi connectivity index (χ0n) is 15.4. The van der Waals surface area contributed by atoms with Crippen LogP contribution >= 0.6 is 0 Å². The molecular formula is C23H18N4O2. The standard InChI is InChI=1S/C23H18N4O2/c28-22(29)21(18-14-8-3-9-15-18)25-23-24-19(16-10-4-1-5-11-16)20(26-27-23)17-12-6-2-7-13-17/h1-15,21H,(H,28,29)(H,24,25,27). The van der Waals surface area contributed by atoms with Crippen molar-refractivity contribution in [2.45, 2.75) is 6.04 Å². The first-order valence-corrected chi connectivity index (χ1v) is 9.12. The molecule has 1 heterocycles. The van der Waals surface area contributed by atoms with Crippen molar-refractivity contribution >= 4 is 11.9 Å². The number of nitrogens with zero attached hydrogens (tertiary/aromatic N) is 3. The summed E-state index contributed by atoms with van der Waals surface area (Å²) in [5.41, 5.74) is 3.63. The molecule has 6 nitrogen and oxygen atoms in total. The van der Waals surface area contributed by atoms with Gasteiger partial charge in [-0.1, -0.05) is 91.0 Å². The number of aromatic nitrogens is 3. The van der Waals surface area contributed by atoms with Gasteiger partial charge in [-0.3, -0.25) is 0 Å². The maximum absolute atomic E-state index is 11.8. The van der Waals surface area contributed by atoms with Gasteiger partial charge in [0.25, 0.3) is 0 Å². The third-order valence-corrected chi connectivity index (χ3v) is 4.43. The van der Waals surface area contributed by atoms with Gasteiger partial charge in [0.05, 0.1) is 0 Å². The van der Waals surface area contributed by atoms with Crippen LogP contribution in [0.25, 0.3) is 22.5 Å². The number of aliphatic carboxylic acids is 1. The average Bonchev–Trinajstić information content (AvgIpc) is 2.79. The van der Waals surface area contributed by atoms with Crippen molar-refractivity contribution in [3.05, 3.63) is 96.6 Å². The normalized spacial score (nSPS) is 11.6. The Labute approximate surface area is 167 Å². The molecule has 0 saturated heterocycles. The Morgan fingerprint density at radius 2 is 1.24 bits per heavy atom. The fourth-order valence-corrected chi connectivity index (χ4v) is 3.04. The first-order chi connectivity index (χ1) is 14.2. The van der Waals surface area contributed by atoms with Crippen LogP contribution in [0.2, 0.25) is 0 Å². The SMILES string of the molecule is O=C(O)C(Nc1nnc(-c2ccccc2)c(-c2ccccc2)n1)c1ccccc1. The minimum Gasteiger partial charge on any atom is -0.479 e. The van der Waals surface area contributed by atoms with Crippen molar-refractivity contribution in [1.29, 1.82) is 0 Å². The molecule has 6 heteroatoms. The second-order valence-corrected chi connectivity index (χ2v) is 6.39. The van der Waals surface area contributed by atoms with E-state index in [0.717, 1.165) is 11.1 Å². The zero-order chi connectivity index (χ0) is 20.1. The van der Waals surface area contributed by atoms with Crippen molar-refractivity contribution in [2.75, 3.05) is 5.32 Å². The molecule has 1 aromatic heterocycles. The zero-order valence-corrected chi connectivity index (χ0v) is 15.4. The number of benzene rings is 3. The lowest BCUT2D eigenvalue weighted by Crippen LogP contribution is -2.22. The molecule has 4 rings (SSSR count). The van der Waals surface area contributed by atoms with Crippen LogP contribution in [-0.4, -0.2) is 26.3 Å². The van der Waals surface area contributed by atoms with E-state index in [1.807, 2.05) is 66.7 Å². The van der Waals surface area contributed by atoms with Crippen LogP contribution in [0.5, 0.6) is 0 Å². The Bertz CT molecular complexity index is 1100. The van der Waals surface area contributed by atoms with Gasteiger partial charge in [-0.2, -0.15) is 0 Å². The van der Waals surface area contributed by atoms with Crippen LogP contribution in [0.15, 0.2) is 91.0 Å². The number of carboxylic acids is 1. The lowest BCUT2D eigenvalue weighted by Gasteiger charge is -2.16. The predicted molar refractivity (Wildman–Crippen MR) is 111 cm³/mol. The summed E-state index contributed by atoms with van der Waals surface area (Å²) in [6, 6.07) is 27.2. The van der Waals surface area contributed by atoms with Crippen LogP contribution in [0.1, 0.15) is 11.6 Å². The van der Waals surface area contributed by atoms with Crippen molar-refractivity contribution in [3.8, 4) is 22.5 Å². The summed E-state index contributed by atoms with van der Waals surface area (Å²) in [5.74, 6) is -0.868. The number of rotatable bonds is 6. The smallest absolute Gasteiger partial charge is 0.330 e. The summed E-state index contributed by atoms with van der Waals surface area (Å²) in [5, 5.41) is 21.1. The first kappa shape index (κ1) is 18.3. The van der Waals surface area contributed by atoms with E-state index in [1.54, 1.807) is 24.3 Å². The van der Waals surface area contributed by atoms with E-state index in [9.17, 15) is 9.90 Å². The molecule has 0 aliphatic rings. The van der Waals surface area contributed by atoms with Gasteiger partial charge in [0.15, 0.2) is 6.04 Å². The van der Waals surface area contributed by atoms with Gasteiger partial charge in [0, 0.05) is 11.1 Å². The van der Waals surface area contributed by atoms with E-state index < -0.39 is 12.0 Å². The Balaban J connectivity index is 1.77. The van der Waals surface area contributed by atoms with Crippen LogP contribution in [0, 0.1) is 0 Å². The second kappa shape index (κ2) is 8.31. The van der Waals surface area contributed by atoms with E-state index >= 15 is 0 Å². The molecule has 0 aliphatic heterocycles. The summed E-state index contributed by atoms with van der Waals surface area (Å²) in [7, 11) is 0. The summed E-state index contributed by atoms with van der Waals surface area (Å²) >= 11 is 0.